The summed E-state index contributed by atoms with van der Waals surface area (Å²) in [4.78, 5) is 8.46. The molecule has 0 aliphatic carbocycles. The van der Waals surface area contributed by atoms with E-state index in [-0.39, 0.29) is 24.0 Å². The Morgan fingerprint density at radius 2 is 1.83 bits per heavy atom. The molecule has 8 heteroatoms. The summed E-state index contributed by atoms with van der Waals surface area (Å²) in [5, 5.41) is 6.33. The molecule has 1 heterocycles. The summed E-state index contributed by atoms with van der Waals surface area (Å²) in [6.07, 6.45) is 2.26. The normalized spacial score (nSPS) is 11.2. The Balaban J connectivity index is 0.00000529. The van der Waals surface area contributed by atoms with Crippen LogP contribution < -0.4 is 10.6 Å². The number of ether oxygens (including phenoxy) is 2. The average molecular weight is 454 g/mol. The van der Waals surface area contributed by atoms with Crippen LogP contribution in [0.3, 0.4) is 0 Å². The SMILES string of the molecule is CCCCOCCOCCNC(=NC)NCc1nc(C)c(C)o1.I. The van der Waals surface area contributed by atoms with Gasteiger partial charge in [-0.25, -0.2) is 4.98 Å². The number of unbranched alkanes of at least 4 members (excludes halogenated alkanes) is 1. The van der Waals surface area contributed by atoms with Crippen molar-refractivity contribution in [2.24, 2.45) is 4.99 Å². The lowest BCUT2D eigenvalue weighted by molar-refractivity contribution is 0.0487. The molecule has 0 aliphatic heterocycles. The van der Waals surface area contributed by atoms with E-state index in [1.165, 1.54) is 0 Å². The Bertz CT molecular complexity index is 447. The van der Waals surface area contributed by atoms with Crippen LogP contribution in [0.15, 0.2) is 9.41 Å². The lowest BCUT2D eigenvalue weighted by Crippen LogP contribution is -2.38. The summed E-state index contributed by atoms with van der Waals surface area (Å²) >= 11 is 0. The molecule has 0 bridgehead atoms. The minimum absolute atomic E-state index is 0. The van der Waals surface area contributed by atoms with Crippen molar-refractivity contribution in [2.45, 2.75) is 40.2 Å². The molecule has 24 heavy (non-hydrogen) atoms. The minimum atomic E-state index is 0. The van der Waals surface area contributed by atoms with Crippen molar-refractivity contribution >= 4 is 29.9 Å². The molecule has 7 nitrogen and oxygen atoms in total. The standard InChI is InChI=1S/C16H30N4O3.HI/c1-5-6-8-21-10-11-22-9-7-18-16(17-4)19-12-15-20-13(2)14(3)23-15;/h5-12H2,1-4H3,(H2,17,18,19);1H. The van der Waals surface area contributed by atoms with Crippen LogP contribution in [0, 0.1) is 13.8 Å². The van der Waals surface area contributed by atoms with Crippen LogP contribution in [-0.2, 0) is 16.0 Å². The third-order valence-corrected chi connectivity index (χ3v) is 3.26. The molecule has 140 valence electrons. The number of aromatic nitrogens is 1. The fraction of sp³-hybridized carbons (Fsp3) is 0.750. The number of aryl methyl sites for hydroxylation is 2. The van der Waals surface area contributed by atoms with Crippen molar-refractivity contribution in [3.8, 4) is 0 Å². The Hall–Kier alpha value is -0.870. The zero-order valence-electron chi connectivity index (χ0n) is 15.2. The number of aliphatic imine (C=N–C) groups is 1. The van der Waals surface area contributed by atoms with Gasteiger partial charge in [-0.3, -0.25) is 4.99 Å². The Morgan fingerprint density at radius 3 is 2.42 bits per heavy atom. The molecular formula is C16H31IN4O3. The lowest BCUT2D eigenvalue weighted by atomic mass is 10.4. The topological polar surface area (TPSA) is 80.9 Å². The van der Waals surface area contributed by atoms with Crippen LogP contribution in [0.2, 0.25) is 0 Å². The molecule has 2 N–H and O–H groups in total. The van der Waals surface area contributed by atoms with E-state index in [9.17, 15) is 0 Å². The van der Waals surface area contributed by atoms with Crippen molar-refractivity contribution in [3.05, 3.63) is 17.3 Å². The maximum atomic E-state index is 5.51. The maximum absolute atomic E-state index is 5.51. The van der Waals surface area contributed by atoms with Crippen LogP contribution in [0.5, 0.6) is 0 Å². The Kier molecular flexibility index (Phi) is 13.9. The molecule has 1 aromatic heterocycles. The second kappa shape index (κ2) is 14.5. The van der Waals surface area contributed by atoms with Crippen molar-refractivity contribution in [2.75, 3.05) is 40.0 Å². The van der Waals surface area contributed by atoms with E-state index in [4.69, 9.17) is 13.9 Å². The first-order valence-electron chi connectivity index (χ1n) is 8.20. The number of guanidine groups is 1. The quantitative estimate of drug-likeness (QED) is 0.231. The highest BCUT2D eigenvalue weighted by Crippen LogP contribution is 2.07. The zero-order chi connectivity index (χ0) is 16.9. The summed E-state index contributed by atoms with van der Waals surface area (Å²) in [7, 11) is 1.73. The van der Waals surface area contributed by atoms with Gasteiger partial charge in [-0.05, 0) is 20.3 Å². The smallest absolute Gasteiger partial charge is 0.214 e. The van der Waals surface area contributed by atoms with Gasteiger partial charge in [0.2, 0.25) is 5.89 Å². The van der Waals surface area contributed by atoms with Crippen LogP contribution in [0.25, 0.3) is 0 Å². The Labute approximate surface area is 162 Å². The summed E-state index contributed by atoms with van der Waals surface area (Å²) in [5.41, 5.74) is 0.916. The van der Waals surface area contributed by atoms with Gasteiger partial charge in [0.15, 0.2) is 5.96 Å². The molecule has 1 rings (SSSR count). The average Bonchev–Trinajstić information content (AvgIpc) is 2.87. The van der Waals surface area contributed by atoms with E-state index in [2.05, 4.69) is 27.5 Å². The molecule has 0 saturated carbocycles. The van der Waals surface area contributed by atoms with Gasteiger partial charge in [0.05, 0.1) is 32.1 Å². The van der Waals surface area contributed by atoms with Gasteiger partial charge in [-0.1, -0.05) is 13.3 Å². The van der Waals surface area contributed by atoms with Gasteiger partial charge < -0.3 is 24.5 Å². The molecule has 0 spiro atoms. The number of nitrogens with zero attached hydrogens (tertiary/aromatic N) is 2. The van der Waals surface area contributed by atoms with Gasteiger partial charge in [0.1, 0.15) is 5.76 Å². The van der Waals surface area contributed by atoms with E-state index < -0.39 is 0 Å². The highest BCUT2D eigenvalue weighted by Gasteiger charge is 2.06. The van der Waals surface area contributed by atoms with Gasteiger partial charge in [0.25, 0.3) is 0 Å². The fourth-order valence-electron chi connectivity index (χ4n) is 1.80. The Morgan fingerprint density at radius 1 is 1.12 bits per heavy atom. The summed E-state index contributed by atoms with van der Waals surface area (Å²) < 4.78 is 16.4. The van der Waals surface area contributed by atoms with Crippen molar-refractivity contribution in [3.63, 3.8) is 0 Å². The molecule has 0 aliphatic rings. The molecule has 0 amide bonds. The summed E-state index contributed by atoms with van der Waals surface area (Å²) in [5.74, 6) is 2.20. The van der Waals surface area contributed by atoms with Gasteiger partial charge >= 0.3 is 0 Å². The molecule has 0 fully saturated rings. The highest BCUT2D eigenvalue weighted by atomic mass is 127. The molecule has 1 aromatic rings. The predicted molar refractivity (Wildman–Crippen MR) is 106 cm³/mol. The lowest BCUT2D eigenvalue weighted by Gasteiger charge is -2.11. The summed E-state index contributed by atoms with van der Waals surface area (Å²) in [6, 6.07) is 0. The molecule has 0 unspecified atom stereocenters. The summed E-state index contributed by atoms with van der Waals surface area (Å²) in [6.45, 7) is 9.85. The van der Waals surface area contributed by atoms with Gasteiger partial charge in [-0.2, -0.15) is 0 Å². The first kappa shape index (κ1) is 23.1. The van der Waals surface area contributed by atoms with Crippen LogP contribution in [-0.4, -0.2) is 51.0 Å². The van der Waals surface area contributed by atoms with Crippen molar-refractivity contribution in [1.82, 2.24) is 15.6 Å². The van der Waals surface area contributed by atoms with Crippen molar-refractivity contribution < 1.29 is 13.9 Å². The van der Waals surface area contributed by atoms with E-state index in [0.29, 0.717) is 44.8 Å². The van der Waals surface area contributed by atoms with Crippen LogP contribution in [0.1, 0.15) is 37.1 Å². The molecule has 0 aromatic carbocycles. The molecule has 0 atom stereocenters. The highest BCUT2D eigenvalue weighted by molar-refractivity contribution is 14.0. The fourth-order valence-corrected chi connectivity index (χ4v) is 1.80. The molecule has 0 saturated heterocycles. The predicted octanol–water partition coefficient (Wildman–Crippen LogP) is 2.41. The molecular weight excluding hydrogens is 423 g/mol. The third-order valence-electron chi connectivity index (χ3n) is 3.26. The largest absolute Gasteiger partial charge is 0.444 e. The first-order chi connectivity index (χ1) is 11.2. The van der Waals surface area contributed by atoms with Crippen LogP contribution >= 0.6 is 24.0 Å². The van der Waals surface area contributed by atoms with E-state index in [0.717, 1.165) is 30.9 Å². The van der Waals surface area contributed by atoms with E-state index >= 15 is 0 Å². The van der Waals surface area contributed by atoms with Gasteiger partial charge in [-0.15, -0.1) is 24.0 Å². The number of hydrogen-bond acceptors (Lipinski definition) is 5. The number of halogens is 1. The van der Waals surface area contributed by atoms with Gasteiger partial charge in [0, 0.05) is 20.2 Å². The monoisotopic (exact) mass is 454 g/mol. The second-order valence-electron chi connectivity index (χ2n) is 5.18. The van der Waals surface area contributed by atoms with Crippen molar-refractivity contribution in [1.29, 1.82) is 0 Å². The maximum Gasteiger partial charge on any atom is 0.214 e. The van der Waals surface area contributed by atoms with E-state index in [1.54, 1.807) is 7.05 Å². The van der Waals surface area contributed by atoms with E-state index in [1.807, 2.05) is 13.8 Å². The zero-order valence-corrected chi connectivity index (χ0v) is 17.5. The minimum Gasteiger partial charge on any atom is -0.444 e. The van der Waals surface area contributed by atoms with Crippen LogP contribution in [0.4, 0.5) is 0 Å². The number of hydrogen-bond donors (Lipinski definition) is 2. The third kappa shape index (κ3) is 10.1. The number of rotatable bonds is 11. The molecule has 0 radical (unpaired) electrons. The second-order valence-corrected chi connectivity index (χ2v) is 5.18. The first-order valence-corrected chi connectivity index (χ1v) is 8.20. The number of nitrogens with one attached hydrogen (secondary N) is 2. The number of oxazole rings is 1.